The average Bonchev–Trinajstić information content (AvgIpc) is 2.64. The van der Waals surface area contributed by atoms with Crippen molar-refractivity contribution in [2.45, 2.75) is 59.1 Å². The number of rotatable bonds is 7. The third kappa shape index (κ3) is 6.69. The Balaban J connectivity index is 1.55. The van der Waals surface area contributed by atoms with Crippen molar-refractivity contribution in [1.82, 2.24) is 5.32 Å². The van der Waals surface area contributed by atoms with E-state index in [1.54, 1.807) is 0 Å². The van der Waals surface area contributed by atoms with Crippen LogP contribution in [0.3, 0.4) is 0 Å². The second-order valence-corrected chi connectivity index (χ2v) is 10.8. The summed E-state index contributed by atoms with van der Waals surface area (Å²) >= 11 is 0. The van der Waals surface area contributed by atoms with Gasteiger partial charge in [-0.1, -0.05) is 39.0 Å². The Labute approximate surface area is 174 Å². The van der Waals surface area contributed by atoms with Gasteiger partial charge in [0.1, 0.15) is 5.75 Å². The highest BCUT2D eigenvalue weighted by molar-refractivity contribution is 7.85. The number of fused-ring (bicyclic) bond motifs is 1. The highest BCUT2D eigenvalue weighted by Crippen LogP contribution is 2.39. The predicted octanol–water partition coefficient (Wildman–Crippen LogP) is 4.80. The van der Waals surface area contributed by atoms with E-state index < -0.39 is 10.1 Å². The van der Waals surface area contributed by atoms with Crippen molar-refractivity contribution in [3.05, 3.63) is 42.0 Å². The van der Waals surface area contributed by atoms with Crippen LogP contribution in [0.5, 0.6) is 5.75 Å². The van der Waals surface area contributed by atoms with Gasteiger partial charge in [-0.2, -0.15) is 8.42 Å². The van der Waals surface area contributed by atoms with E-state index in [2.05, 4.69) is 50.4 Å². The monoisotopic (exact) mass is 419 g/mol. The molecule has 6 heteroatoms. The molecule has 5 nitrogen and oxygen atoms in total. The minimum absolute atomic E-state index is 0.223. The van der Waals surface area contributed by atoms with Gasteiger partial charge < -0.3 is 10.1 Å². The van der Waals surface area contributed by atoms with Crippen molar-refractivity contribution < 1.29 is 17.7 Å². The SMILES string of the molecule is CC(C)(C)C1CCC(Oc2ccc3cc(CNCCS(=O)(=O)O)ccc3c2)CC1. The molecule has 0 unspecified atom stereocenters. The zero-order valence-corrected chi connectivity index (χ0v) is 18.5. The van der Waals surface area contributed by atoms with Crippen LogP contribution in [0.4, 0.5) is 0 Å². The molecule has 0 heterocycles. The van der Waals surface area contributed by atoms with E-state index in [0.29, 0.717) is 18.1 Å². The molecule has 1 fully saturated rings. The molecule has 2 N–H and O–H groups in total. The quantitative estimate of drug-likeness (QED) is 0.498. The van der Waals surface area contributed by atoms with Crippen LogP contribution in [-0.2, 0) is 16.7 Å². The van der Waals surface area contributed by atoms with Gasteiger partial charge in [0.25, 0.3) is 10.1 Å². The lowest BCUT2D eigenvalue weighted by molar-refractivity contribution is 0.0883. The highest BCUT2D eigenvalue weighted by Gasteiger charge is 2.30. The minimum atomic E-state index is -3.92. The molecule has 3 rings (SSSR count). The third-order valence-electron chi connectivity index (χ3n) is 5.94. The smallest absolute Gasteiger partial charge is 0.266 e. The molecule has 1 saturated carbocycles. The molecule has 0 bridgehead atoms. The molecule has 0 aromatic heterocycles. The summed E-state index contributed by atoms with van der Waals surface area (Å²) in [7, 11) is -3.92. The summed E-state index contributed by atoms with van der Waals surface area (Å²) in [5.74, 6) is 1.43. The lowest BCUT2D eigenvalue weighted by atomic mass is 9.72. The van der Waals surface area contributed by atoms with Crippen molar-refractivity contribution in [3.8, 4) is 5.75 Å². The van der Waals surface area contributed by atoms with Crippen molar-refractivity contribution in [2.75, 3.05) is 12.3 Å². The number of nitrogens with one attached hydrogen (secondary N) is 1. The molecule has 0 amide bonds. The van der Waals surface area contributed by atoms with Crippen LogP contribution in [0.2, 0.25) is 0 Å². The molecule has 29 heavy (non-hydrogen) atoms. The van der Waals surface area contributed by atoms with E-state index in [4.69, 9.17) is 9.29 Å². The van der Waals surface area contributed by atoms with Gasteiger partial charge in [0.15, 0.2) is 0 Å². The Morgan fingerprint density at radius 2 is 1.69 bits per heavy atom. The average molecular weight is 420 g/mol. The first-order valence-corrected chi connectivity index (χ1v) is 12.1. The summed E-state index contributed by atoms with van der Waals surface area (Å²) in [6.45, 7) is 7.78. The van der Waals surface area contributed by atoms with Gasteiger partial charge in [0, 0.05) is 13.1 Å². The number of benzene rings is 2. The van der Waals surface area contributed by atoms with Crippen molar-refractivity contribution in [2.24, 2.45) is 11.3 Å². The molecule has 1 aliphatic carbocycles. The van der Waals surface area contributed by atoms with Crippen LogP contribution in [0.1, 0.15) is 52.0 Å². The molecule has 0 saturated heterocycles. The van der Waals surface area contributed by atoms with Gasteiger partial charge in [-0.25, -0.2) is 0 Å². The summed E-state index contributed by atoms with van der Waals surface area (Å²) in [6.07, 6.45) is 5.01. The van der Waals surface area contributed by atoms with E-state index in [-0.39, 0.29) is 12.3 Å². The van der Waals surface area contributed by atoms with Gasteiger partial charge in [-0.05, 0) is 71.6 Å². The second-order valence-electron chi connectivity index (χ2n) is 9.26. The molecule has 2 aromatic rings. The zero-order chi connectivity index (χ0) is 21.1. The van der Waals surface area contributed by atoms with Crippen LogP contribution in [0.25, 0.3) is 10.8 Å². The van der Waals surface area contributed by atoms with Gasteiger partial charge in [0.2, 0.25) is 0 Å². The summed E-state index contributed by atoms with van der Waals surface area (Å²) in [6, 6.07) is 12.4. The van der Waals surface area contributed by atoms with Crippen LogP contribution >= 0.6 is 0 Å². The maximum atomic E-state index is 10.8. The Hall–Kier alpha value is -1.63. The third-order valence-corrected chi connectivity index (χ3v) is 6.66. The lowest BCUT2D eigenvalue weighted by Crippen LogP contribution is -2.30. The Kier molecular flexibility index (Phi) is 6.87. The molecular weight excluding hydrogens is 386 g/mol. The van der Waals surface area contributed by atoms with E-state index in [9.17, 15) is 8.42 Å². The molecule has 0 aliphatic heterocycles. The van der Waals surface area contributed by atoms with E-state index >= 15 is 0 Å². The summed E-state index contributed by atoms with van der Waals surface area (Å²) in [4.78, 5) is 0. The topological polar surface area (TPSA) is 75.6 Å². The van der Waals surface area contributed by atoms with Gasteiger partial charge >= 0.3 is 0 Å². The Morgan fingerprint density at radius 3 is 2.34 bits per heavy atom. The van der Waals surface area contributed by atoms with E-state index in [1.807, 2.05) is 12.1 Å². The zero-order valence-electron chi connectivity index (χ0n) is 17.6. The van der Waals surface area contributed by atoms with Crippen molar-refractivity contribution in [3.63, 3.8) is 0 Å². The molecular formula is C23H33NO4S. The molecule has 0 spiro atoms. The molecule has 160 valence electrons. The van der Waals surface area contributed by atoms with Gasteiger partial charge in [0.05, 0.1) is 11.9 Å². The van der Waals surface area contributed by atoms with Crippen molar-refractivity contribution >= 4 is 20.9 Å². The van der Waals surface area contributed by atoms with Gasteiger partial charge in [-0.3, -0.25) is 4.55 Å². The molecule has 0 atom stereocenters. The first-order chi connectivity index (χ1) is 13.6. The summed E-state index contributed by atoms with van der Waals surface area (Å²) in [5, 5.41) is 5.30. The predicted molar refractivity (Wildman–Crippen MR) is 118 cm³/mol. The highest BCUT2D eigenvalue weighted by atomic mass is 32.2. The van der Waals surface area contributed by atoms with E-state index in [0.717, 1.165) is 40.8 Å². The van der Waals surface area contributed by atoms with Crippen LogP contribution in [0, 0.1) is 11.3 Å². The van der Waals surface area contributed by atoms with E-state index in [1.165, 1.54) is 12.8 Å². The largest absolute Gasteiger partial charge is 0.490 e. The number of hydrogen-bond donors (Lipinski definition) is 2. The first-order valence-electron chi connectivity index (χ1n) is 10.5. The maximum absolute atomic E-state index is 10.8. The Bertz CT molecular complexity index is 926. The lowest BCUT2D eigenvalue weighted by Gasteiger charge is -2.37. The summed E-state index contributed by atoms with van der Waals surface area (Å²) in [5.41, 5.74) is 1.45. The van der Waals surface area contributed by atoms with Crippen LogP contribution < -0.4 is 10.1 Å². The fourth-order valence-electron chi connectivity index (χ4n) is 4.13. The molecule has 1 aliphatic rings. The second kappa shape index (κ2) is 9.02. The van der Waals surface area contributed by atoms with Crippen LogP contribution in [-0.4, -0.2) is 31.4 Å². The van der Waals surface area contributed by atoms with Crippen LogP contribution in [0.15, 0.2) is 36.4 Å². The summed E-state index contributed by atoms with van der Waals surface area (Å²) < 4.78 is 36.6. The minimum Gasteiger partial charge on any atom is -0.490 e. The first kappa shape index (κ1) is 22.1. The standard InChI is InChI=1S/C23H33NO4S/c1-23(2,3)20-7-10-21(11-8-20)28-22-9-6-18-14-17(4-5-19(18)15-22)16-24-12-13-29(25,26)27/h4-6,9,14-15,20-21,24H,7-8,10-13,16H2,1-3H3,(H,25,26,27). The fourth-order valence-corrected chi connectivity index (χ4v) is 4.53. The molecule has 0 radical (unpaired) electrons. The van der Waals surface area contributed by atoms with Gasteiger partial charge in [-0.15, -0.1) is 0 Å². The Morgan fingerprint density at radius 1 is 1.03 bits per heavy atom. The molecule has 2 aromatic carbocycles. The fraction of sp³-hybridized carbons (Fsp3) is 0.565. The normalized spacial score (nSPS) is 20.7. The van der Waals surface area contributed by atoms with Crippen molar-refractivity contribution in [1.29, 1.82) is 0 Å². The number of ether oxygens (including phenoxy) is 1. The number of hydrogen-bond acceptors (Lipinski definition) is 4. The maximum Gasteiger partial charge on any atom is 0.266 e.